The first kappa shape index (κ1) is 18.3. The van der Waals surface area contributed by atoms with Crippen LogP contribution in [-0.2, 0) is 4.79 Å². The van der Waals surface area contributed by atoms with Crippen molar-refractivity contribution >= 4 is 5.91 Å². The Morgan fingerprint density at radius 2 is 1.95 bits per heavy atom. The summed E-state index contributed by atoms with van der Waals surface area (Å²) in [6.45, 7) is 5.23. The van der Waals surface area contributed by atoms with Crippen LogP contribution in [0.2, 0.25) is 0 Å². The lowest BCUT2D eigenvalue weighted by Crippen LogP contribution is -2.31. The normalized spacial score (nSPS) is 14.5. The minimum atomic E-state index is -4.76. The lowest BCUT2D eigenvalue weighted by molar-refractivity contribution is -0.274. The van der Waals surface area contributed by atoms with Gasteiger partial charge in [0.15, 0.2) is 0 Å². The smallest absolute Gasteiger partial charge is 0.406 e. The zero-order valence-electron chi connectivity index (χ0n) is 12.6. The van der Waals surface area contributed by atoms with Crippen molar-refractivity contribution in [2.45, 2.75) is 45.7 Å². The summed E-state index contributed by atoms with van der Waals surface area (Å²) in [4.78, 5) is 11.8. The summed E-state index contributed by atoms with van der Waals surface area (Å²) >= 11 is 0. The monoisotopic (exact) mass is 319 g/mol. The van der Waals surface area contributed by atoms with E-state index < -0.39 is 18.5 Å². The average Bonchev–Trinajstić information content (AvgIpc) is 2.36. The highest BCUT2D eigenvalue weighted by Gasteiger charge is 2.31. The topological polar surface area (TPSA) is 58.6 Å². The molecule has 0 aliphatic heterocycles. The van der Waals surface area contributed by atoms with E-state index in [1.807, 2.05) is 0 Å². The largest absolute Gasteiger partial charge is 0.573 e. The van der Waals surface area contributed by atoms with E-state index in [0.29, 0.717) is 5.56 Å². The van der Waals surface area contributed by atoms with Gasteiger partial charge in [-0.15, -0.1) is 13.2 Å². The Kier molecular flexibility index (Phi) is 6.22. The van der Waals surface area contributed by atoms with E-state index in [-0.39, 0.29) is 24.0 Å². The molecule has 0 bridgehead atoms. The van der Waals surface area contributed by atoms with Gasteiger partial charge in [0.1, 0.15) is 5.75 Å². The number of nitrogens with one attached hydrogen (secondary N) is 1. The molecule has 0 fully saturated rings. The van der Waals surface area contributed by atoms with E-state index in [1.54, 1.807) is 26.8 Å². The maximum Gasteiger partial charge on any atom is 0.573 e. The first-order chi connectivity index (χ1) is 10.1. The second-order valence-corrected chi connectivity index (χ2v) is 5.42. The zero-order valence-corrected chi connectivity index (χ0v) is 12.6. The Balaban J connectivity index is 2.67. The molecule has 0 aliphatic carbocycles. The maximum absolute atomic E-state index is 12.2. The number of halogens is 3. The number of alkyl halides is 3. The van der Waals surface area contributed by atoms with Crippen LogP contribution < -0.4 is 10.1 Å². The third kappa shape index (κ3) is 6.34. The van der Waals surface area contributed by atoms with Crippen LogP contribution in [0.1, 0.15) is 38.8 Å². The van der Waals surface area contributed by atoms with Crippen molar-refractivity contribution in [3.63, 3.8) is 0 Å². The molecule has 2 atom stereocenters. The second-order valence-electron chi connectivity index (χ2n) is 5.42. The van der Waals surface area contributed by atoms with Crippen molar-refractivity contribution < 1.29 is 27.8 Å². The predicted molar refractivity (Wildman–Crippen MR) is 75.1 cm³/mol. The summed E-state index contributed by atoms with van der Waals surface area (Å²) in [5.41, 5.74) is 0.481. The van der Waals surface area contributed by atoms with Gasteiger partial charge in [0.2, 0.25) is 5.91 Å². The fourth-order valence-electron chi connectivity index (χ4n) is 1.79. The first-order valence-corrected chi connectivity index (χ1v) is 6.91. The van der Waals surface area contributed by atoms with Crippen molar-refractivity contribution in [3.8, 4) is 5.75 Å². The zero-order chi connectivity index (χ0) is 16.9. The highest BCUT2D eigenvalue weighted by molar-refractivity contribution is 5.76. The molecule has 0 heterocycles. The lowest BCUT2D eigenvalue weighted by atomic mass is 10.0. The molecule has 0 spiro atoms. The third-order valence-corrected chi connectivity index (χ3v) is 3.13. The fourth-order valence-corrected chi connectivity index (χ4v) is 1.79. The number of carbonyl (C=O) groups is 1. The molecule has 124 valence electrons. The Labute approximate surface area is 127 Å². The van der Waals surface area contributed by atoms with Gasteiger partial charge in [-0.05, 0) is 30.5 Å². The molecule has 0 saturated carbocycles. The lowest BCUT2D eigenvalue weighted by Gasteiger charge is -2.18. The van der Waals surface area contributed by atoms with Gasteiger partial charge in [-0.3, -0.25) is 4.79 Å². The van der Waals surface area contributed by atoms with Crippen LogP contribution in [0, 0.1) is 5.92 Å². The molecule has 0 saturated heterocycles. The molecule has 22 heavy (non-hydrogen) atoms. The summed E-state index contributed by atoms with van der Waals surface area (Å²) in [7, 11) is 0. The summed E-state index contributed by atoms with van der Waals surface area (Å²) < 4.78 is 40.4. The molecule has 0 radical (unpaired) electrons. The standard InChI is InChI=1S/C15H20F3NO3/c1-9(2)13(20)8-14(21)19-10(3)11-5-4-6-12(7-11)22-15(16,17)18/h4-7,9-10,13,20H,8H2,1-3H3,(H,19,21). The van der Waals surface area contributed by atoms with Crippen LogP contribution in [0.25, 0.3) is 0 Å². The van der Waals surface area contributed by atoms with Gasteiger partial charge < -0.3 is 15.2 Å². The summed E-state index contributed by atoms with van der Waals surface area (Å²) in [5.74, 6) is -0.756. The number of benzene rings is 1. The maximum atomic E-state index is 12.2. The number of hydrogen-bond donors (Lipinski definition) is 2. The van der Waals surface area contributed by atoms with Crippen molar-refractivity contribution in [2.75, 3.05) is 0 Å². The van der Waals surface area contributed by atoms with Gasteiger partial charge in [0.25, 0.3) is 0 Å². The minimum absolute atomic E-state index is 0.0513. The van der Waals surface area contributed by atoms with Crippen LogP contribution in [-0.4, -0.2) is 23.5 Å². The number of aliphatic hydroxyl groups excluding tert-OH is 1. The third-order valence-electron chi connectivity index (χ3n) is 3.13. The summed E-state index contributed by atoms with van der Waals surface area (Å²) in [5, 5.41) is 12.3. The van der Waals surface area contributed by atoms with E-state index in [4.69, 9.17) is 0 Å². The molecule has 1 aromatic rings. The average molecular weight is 319 g/mol. The van der Waals surface area contributed by atoms with Gasteiger partial charge >= 0.3 is 6.36 Å². The van der Waals surface area contributed by atoms with Crippen molar-refractivity contribution in [1.29, 1.82) is 0 Å². The molecule has 2 unspecified atom stereocenters. The van der Waals surface area contributed by atoms with Crippen molar-refractivity contribution in [1.82, 2.24) is 5.32 Å². The van der Waals surface area contributed by atoms with Crippen LogP contribution in [0.15, 0.2) is 24.3 Å². The van der Waals surface area contributed by atoms with Gasteiger partial charge in [-0.2, -0.15) is 0 Å². The molecule has 1 rings (SSSR count). The molecule has 2 N–H and O–H groups in total. The van der Waals surface area contributed by atoms with Gasteiger partial charge in [-0.25, -0.2) is 0 Å². The molecular weight excluding hydrogens is 299 g/mol. The molecule has 1 aromatic carbocycles. The molecule has 0 aromatic heterocycles. The van der Waals surface area contributed by atoms with Crippen LogP contribution >= 0.6 is 0 Å². The predicted octanol–water partition coefficient (Wildman–Crippen LogP) is 3.17. The van der Waals surface area contributed by atoms with E-state index in [1.165, 1.54) is 18.2 Å². The number of aliphatic hydroxyl groups is 1. The Morgan fingerprint density at radius 3 is 2.50 bits per heavy atom. The van der Waals surface area contributed by atoms with Crippen LogP contribution in [0.5, 0.6) is 5.75 Å². The first-order valence-electron chi connectivity index (χ1n) is 6.91. The Morgan fingerprint density at radius 1 is 1.32 bits per heavy atom. The number of carbonyl (C=O) groups excluding carboxylic acids is 1. The van der Waals surface area contributed by atoms with E-state index >= 15 is 0 Å². The van der Waals surface area contributed by atoms with Gasteiger partial charge in [0.05, 0.1) is 18.6 Å². The molecule has 1 amide bonds. The van der Waals surface area contributed by atoms with E-state index in [9.17, 15) is 23.1 Å². The molecule has 4 nitrogen and oxygen atoms in total. The fraction of sp³-hybridized carbons (Fsp3) is 0.533. The second kappa shape index (κ2) is 7.49. The van der Waals surface area contributed by atoms with Crippen molar-refractivity contribution in [3.05, 3.63) is 29.8 Å². The summed E-state index contributed by atoms with van der Waals surface area (Å²) in [6.07, 6.45) is -5.57. The number of amides is 1. The van der Waals surface area contributed by atoms with Crippen LogP contribution in [0.3, 0.4) is 0 Å². The highest BCUT2D eigenvalue weighted by atomic mass is 19.4. The Hall–Kier alpha value is -1.76. The number of ether oxygens (including phenoxy) is 1. The van der Waals surface area contributed by atoms with Crippen LogP contribution in [0.4, 0.5) is 13.2 Å². The highest BCUT2D eigenvalue weighted by Crippen LogP contribution is 2.25. The Bertz CT molecular complexity index is 503. The molecule has 7 heteroatoms. The number of rotatable bonds is 6. The van der Waals surface area contributed by atoms with Gasteiger partial charge in [-0.1, -0.05) is 26.0 Å². The number of hydrogen-bond acceptors (Lipinski definition) is 3. The molecular formula is C15H20F3NO3. The minimum Gasteiger partial charge on any atom is -0.406 e. The summed E-state index contributed by atoms with van der Waals surface area (Å²) in [6, 6.07) is 4.92. The quantitative estimate of drug-likeness (QED) is 0.847. The van der Waals surface area contributed by atoms with Gasteiger partial charge in [0, 0.05) is 0 Å². The van der Waals surface area contributed by atoms with E-state index in [0.717, 1.165) is 0 Å². The van der Waals surface area contributed by atoms with E-state index in [2.05, 4.69) is 10.1 Å². The van der Waals surface area contributed by atoms with Crippen molar-refractivity contribution in [2.24, 2.45) is 5.92 Å². The SMILES string of the molecule is CC(NC(=O)CC(O)C(C)C)c1cccc(OC(F)(F)F)c1. The molecule has 0 aliphatic rings.